The van der Waals surface area contributed by atoms with Gasteiger partial charge in [0.05, 0.1) is 12.8 Å². The van der Waals surface area contributed by atoms with Crippen LogP contribution in [0.5, 0.6) is 5.75 Å². The largest absolute Gasteiger partial charge is 0.497 e. The van der Waals surface area contributed by atoms with Crippen LogP contribution in [0.25, 0.3) is 0 Å². The Morgan fingerprint density at radius 2 is 2.38 bits per heavy atom. The van der Waals surface area contributed by atoms with Gasteiger partial charge in [0.25, 0.3) is 0 Å². The van der Waals surface area contributed by atoms with Crippen LogP contribution in [0, 0.1) is 11.3 Å². The number of hydrogen-bond donors (Lipinski definition) is 2. The van der Waals surface area contributed by atoms with Crippen molar-refractivity contribution in [1.29, 1.82) is 5.26 Å². The molecule has 0 spiro atoms. The topological polar surface area (TPSA) is 83.4 Å². The van der Waals surface area contributed by atoms with Gasteiger partial charge in [0, 0.05) is 6.07 Å². The van der Waals surface area contributed by atoms with E-state index < -0.39 is 0 Å². The number of nitriles is 1. The summed E-state index contributed by atoms with van der Waals surface area (Å²) in [4.78, 5) is -0.0436. The Morgan fingerprint density at radius 3 is 2.94 bits per heavy atom. The van der Waals surface area contributed by atoms with Crippen LogP contribution in [0.1, 0.15) is 0 Å². The highest BCUT2D eigenvalue weighted by atomic mass is 32.1. The third-order valence-corrected chi connectivity index (χ3v) is 1.90. The summed E-state index contributed by atoms with van der Waals surface area (Å²) in [6.07, 6.45) is 0. The van der Waals surface area contributed by atoms with Crippen LogP contribution in [0.4, 0.5) is 5.69 Å². The number of hydrazone groups is 1. The number of nitrogens with one attached hydrogen (secondary N) is 1. The van der Waals surface area contributed by atoms with E-state index in [1.165, 1.54) is 0 Å². The fourth-order valence-corrected chi connectivity index (χ4v) is 1.04. The maximum Gasteiger partial charge on any atom is 0.194 e. The Morgan fingerprint density at radius 1 is 1.62 bits per heavy atom. The first-order valence-electron chi connectivity index (χ1n) is 4.35. The highest BCUT2D eigenvalue weighted by molar-refractivity contribution is 7.82. The maximum absolute atomic E-state index is 8.66. The van der Waals surface area contributed by atoms with Crippen LogP contribution in [0.15, 0.2) is 29.4 Å². The highest BCUT2D eigenvalue weighted by Gasteiger charge is 2.00. The molecule has 0 aliphatic carbocycles. The smallest absolute Gasteiger partial charge is 0.194 e. The van der Waals surface area contributed by atoms with Gasteiger partial charge in [-0.05, 0) is 12.1 Å². The van der Waals surface area contributed by atoms with E-state index in [0.717, 1.165) is 0 Å². The van der Waals surface area contributed by atoms with Crippen LogP contribution in [-0.2, 0) is 0 Å². The first kappa shape index (κ1) is 11.9. The molecule has 0 amide bonds. The zero-order valence-electron chi connectivity index (χ0n) is 8.60. The monoisotopic (exact) mass is 234 g/mol. The molecule has 0 aromatic heterocycles. The van der Waals surface area contributed by atoms with Gasteiger partial charge in [-0.3, -0.25) is 5.43 Å². The second-order valence-corrected chi connectivity index (χ2v) is 3.22. The summed E-state index contributed by atoms with van der Waals surface area (Å²) in [5, 5.41) is 12.4. The fourth-order valence-electron chi connectivity index (χ4n) is 0.948. The molecular formula is C10H10N4OS. The van der Waals surface area contributed by atoms with Gasteiger partial charge in [-0.15, -0.1) is 0 Å². The van der Waals surface area contributed by atoms with Crippen LogP contribution >= 0.6 is 12.2 Å². The van der Waals surface area contributed by atoms with Crippen molar-refractivity contribution in [3.8, 4) is 11.8 Å². The molecule has 1 aromatic carbocycles. The Hall–Kier alpha value is -2.13. The summed E-state index contributed by atoms with van der Waals surface area (Å²) >= 11 is 4.64. The third-order valence-electron chi connectivity index (χ3n) is 1.71. The highest BCUT2D eigenvalue weighted by Crippen LogP contribution is 2.16. The SMILES string of the molecule is COc1cccc(N/N=C(\C#N)C(N)=S)c1. The van der Waals surface area contributed by atoms with Crippen LogP contribution in [0.2, 0.25) is 0 Å². The number of nitrogens with two attached hydrogens (primary N) is 1. The molecule has 0 bridgehead atoms. The van der Waals surface area contributed by atoms with Crippen molar-refractivity contribution >= 4 is 28.6 Å². The summed E-state index contributed by atoms with van der Waals surface area (Å²) in [5.74, 6) is 0.689. The second-order valence-electron chi connectivity index (χ2n) is 2.78. The summed E-state index contributed by atoms with van der Waals surface area (Å²) in [6.45, 7) is 0. The summed E-state index contributed by atoms with van der Waals surface area (Å²) in [5.41, 5.74) is 8.62. The number of anilines is 1. The molecule has 1 aromatic rings. The number of benzene rings is 1. The minimum Gasteiger partial charge on any atom is -0.497 e. The van der Waals surface area contributed by atoms with Crippen molar-refractivity contribution in [2.45, 2.75) is 0 Å². The van der Waals surface area contributed by atoms with E-state index in [2.05, 4.69) is 22.7 Å². The van der Waals surface area contributed by atoms with Gasteiger partial charge in [0.15, 0.2) is 5.71 Å². The van der Waals surface area contributed by atoms with Crippen molar-refractivity contribution in [3.05, 3.63) is 24.3 Å². The van der Waals surface area contributed by atoms with E-state index in [4.69, 9.17) is 15.7 Å². The van der Waals surface area contributed by atoms with E-state index in [1.807, 2.05) is 0 Å². The minimum atomic E-state index is -0.0436. The van der Waals surface area contributed by atoms with Crippen molar-refractivity contribution < 1.29 is 4.74 Å². The molecule has 82 valence electrons. The Bertz CT molecular complexity index is 464. The van der Waals surface area contributed by atoms with E-state index in [-0.39, 0.29) is 10.7 Å². The average molecular weight is 234 g/mol. The average Bonchev–Trinajstić information content (AvgIpc) is 2.29. The number of rotatable bonds is 4. The van der Waals surface area contributed by atoms with Crippen LogP contribution in [0.3, 0.4) is 0 Å². The molecule has 0 aliphatic rings. The van der Waals surface area contributed by atoms with Crippen molar-refractivity contribution in [2.75, 3.05) is 12.5 Å². The molecule has 0 aliphatic heterocycles. The standard InChI is InChI=1S/C10H10N4OS/c1-15-8-4-2-3-7(5-8)13-14-9(6-11)10(12)16/h2-5,13H,1H3,(H2,12,16)/b14-9+. The molecule has 0 atom stereocenters. The second kappa shape index (κ2) is 5.68. The molecule has 16 heavy (non-hydrogen) atoms. The minimum absolute atomic E-state index is 0.0159. The van der Waals surface area contributed by atoms with E-state index in [1.54, 1.807) is 37.4 Å². The number of hydrogen-bond acceptors (Lipinski definition) is 5. The van der Waals surface area contributed by atoms with E-state index in [9.17, 15) is 0 Å². The van der Waals surface area contributed by atoms with E-state index in [0.29, 0.717) is 11.4 Å². The Kier molecular flexibility index (Phi) is 4.24. The van der Waals surface area contributed by atoms with E-state index >= 15 is 0 Å². The van der Waals surface area contributed by atoms with Crippen molar-refractivity contribution in [1.82, 2.24) is 0 Å². The van der Waals surface area contributed by atoms with Gasteiger partial charge in [-0.25, -0.2) is 0 Å². The Labute approximate surface area is 98.5 Å². The first-order valence-corrected chi connectivity index (χ1v) is 4.76. The quantitative estimate of drug-likeness (QED) is 0.465. The van der Waals surface area contributed by atoms with Gasteiger partial charge in [0.2, 0.25) is 0 Å². The Balaban J connectivity index is 2.81. The summed E-state index contributed by atoms with van der Waals surface area (Å²) in [6, 6.07) is 8.90. The van der Waals surface area contributed by atoms with Gasteiger partial charge < -0.3 is 10.5 Å². The molecule has 0 radical (unpaired) electrons. The number of methoxy groups -OCH3 is 1. The molecule has 0 heterocycles. The zero-order valence-corrected chi connectivity index (χ0v) is 9.41. The summed E-state index contributed by atoms with van der Waals surface area (Å²) in [7, 11) is 1.57. The van der Waals surface area contributed by atoms with Gasteiger partial charge in [-0.2, -0.15) is 10.4 Å². The van der Waals surface area contributed by atoms with Crippen molar-refractivity contribution in [3.63, 3.8) is 0 Å². The predicted molar refractivity (Wildman–Crippen MR) is 66.5 cm³/mol. The van der Waals surface area contributed by atoms with Gasteiger partial charge >= 0.3 is 0 Å². The molecule has 0 saturated carbocycles. The molecule has 0 saturated heterocycles. The zero-order chi connectivity index (χ0) is 12.0. The number of thiocarbonyl (C=S) groups is 1. The number of nitrogens with zero attached hydrogens (tertiary/aromatic N) is 2. The number of ether oxygens (including phenoxy) is 1. The lowest BCUT2D eigenvalue weighted by Gasteiger charge is -2.03. The van der Waals surface area contributed by atoms with Crippen molar-refractivity contribution in [2.24, 2.45) is 10.8 Å². The molecule has 5 nitrogen and oxygen atoms in total. The third kappa shape index (κ3) is 3.22. The molecule has 6 heteroatoms. The molecule has 1 rings (SSSR count). The van der Waals surface area contributed by atoms with Crippen LogP contribution < -0.4 is 15.9 Å². The predicted octanol–water partition coefficient (Wildman–Crippen LogP) is 1.27. The lowest BCUT2D eigenvalue weighted by Crippen LogP contribution is -2.20. The van der Waals surface area contributed by atoms with Gasteiger partial charge in [0.1, 0.15) is 16.8 Å². The first-order chi connectivity index (χ1) is 7.67. The fraction of sp³-hybridized carbons (Fsp3) is 0.100. The molecule has 0 fully saturated rings. The molecule has 3 N–H and O–H groups in total. The molecular weight excluding hydrogens is 224 g/mol. The van der Waals surface area contributed by atoms with Gasteiger partial charge in [-0.1, -0.05) is 18.3 Å². The lowest BCUT2D eigenvalue weighted by molar-refractivity contribution is 0.415. The lowest BCUT2D eigenvalue weighted by atomic mass is 10.3. The van der Waals surface area contributed by atoms with Crippen LogP contribution in [-0.4, -0.2) is 17.8 Å². The normalized spacial score (nSPS) is 10.4. The molecule has 0 unspecified atom stereocenters. The maximum atomic E-state index is 8.66. The summed E-state index contributed by atoms with van der Waals surface area (Å²) < 4.78 is 5.03.